The van der Waals surface area contributed by atoms with Gasteiger partial charge in [-0.05, 0) is 31.9 Å². The van der Waals surface area contributed by atoms with E-state index in [0.29, 0.717) is 13.1 Å². The van der Waals surface area contributed by atoms with Crippen LogP contribution < -0.4 is 5.32 Å². The topological polar surface area (TPSA) is 51.1 Å². The maximum absolute atomic E-state index is 11.5. The maximum atomic E-state index is 11.5. The highest BCUT2D eigenvalue weighted by molar-refractivity contribution is 7.92. The minimum atomic E-state index is -3.03. The maximum Gasteiger partial charge on any atom is 0.153 e. The number of aryl methyl sites for hydroxylation is 1. The Bertz CT molecular complexity index is 475. The molecule has 0 aliphatic rings. The van der Waals surface area contributed by atoms with E-state index in [-0.39, 0.29) is 0 Å². The van der Waals surface area contributed by atoms with Crippen molar-refractivity contribution in [3.63, 3.8) is 0 Å². The molecular formula is C13H24N2O2S. The zero-order valence-electron chi connectivity index (χ0n) is 11.7. The van der Waals surface area contributed by atoms with E-state index in [1.54, 1.807) is 13.8 Å². The molecule has 18 heavy (non-hydrogen) atoms. The molecule has 0 aliphatic heterocycles. The average Bonchev–Trinajstić information content (AvgIpc) is 2.64. The molecule has 0 aliphatic carbocycles. The first kappa shape index (κ1) is 15.2. The smallest absolute Gasteiger partial charge is 0.153 e. The Morgan fingerprint density at radius 2 is 2.06 bits per heavy atom. The summed E-state index contributed by atoms with van der Waals surface area (Å²) < 4.78 is 24.5. The lowest BCUT2D eigenvalue weighted by molar-refractivity contribution is 0.521. The van der Waals surface area contributed by atoms with Crippen LogP contribution in [-0.4, -0.2) is 30.5 Å². The van der Waals surface area contributed by atoms with Crippen LogP contribution in [0.4, 0.5) is 0 Å². The average molecular weight is 272 g/mol. The van der Waals surface area contributed by atoms with Crippen LogP contribution in [0.2, 0.25) is 0 Å². The number of nitrogens with one attached hydrogen (secondary N) is 1. The first-order valence-corrected chi connectivity index (χ1v) is 8.20. The summed E-state index contributed by atoms with van der Waals surface area (Å²) >= 11 is 0. The minimum absolute atomic E-state index is 0.463. The van der Waals surface area contributed by atoms with Crippen LogP contribution >= 0.6 is 0 Å². The summed E-state index contributed by atoms with van der Waals surface area (Å²) in [5.74, 6) is 0. The van der Waals surface area contributed by atoms with Gasteiger partial charge in [0, 0.05) is 38.3 Å². The first-order valence-electron chi connectivity index (χ1n) is 6.31. The number of aromatic nitrogens is 1. The molecule has 1 aromatic rings. The Morgan fingerprint density at radius 3 is 2.61 bits per heavy atom. The molecule has 1 N–H and O–H groups in total. The SMILES string of the molecule is CCCn1ccc(CNCC(C)(C)S(C)(=O)=O)c1. The third-order valence-corrected chi connectivity index (χ3v) is 5.33. The van der Waals surface area contributed by atoms with Crippen molar-refractivity contribution in [2.45, 2.75) is 45.0 Å². The Labute approximate surface area is 110 Å². The largest absolute Gasteiger partial charge is 0.354 e. The summed E-state index contributed by atoms with van der Waals surface area (Å²) in [5, 5.41) is 3.21. The molecule has 0 aromatic carbocycles. The molecule has 1 heterocycles. The minimum Gasteiger partial charge on any atom is -0.354 e. The van der Waals surface area contributed by atoms with Crippen molar-refractivity contribution in [2.24, 2.45) is 0 Å². The van der Waals surface area contributed by atoms with E-state index >= 15 is 0 Å². The van der Waals surface area contributed by atoms with E-state index in [9.17, 15) is 8.42 Å². The summed E-state index contributed by atoms with van der Waals surface area (Å²) in [6.07, 6.45) is 6.56. The molecule has 0 bridgehead atoms. The van der Waals surface area contributed by atoms with E-state index < -0.39 is 14.6 Å². The Kier molecular flexibility index (Phi) is 4.99. The van der Waals surface area contributed by atoms with Crippen molar-refractivity contribution in [3.05, 3.63) is 24.0 Å². The van der Waals surface area contributed by atoms with Gasteiger partial charge in [-0.1, -0.05) is 6.92 Å². The summed E-state index contributed by atoms with van der Waals surface area (Å²) in [4.78, 5) is 0. The quantitative estimate of drug-likeness (QED) is 0.823. The molecule has 1 rings (SSSR count). The third kappa shape index (κ3) is 4.14. The molecule has 0 unspecified atom stereocenters. The normalized spacial score (nSPS) is 12.9. The van der Waals surface area contributed by atoms with Gasteiger partial charge in [0.15, 0.2) is 9.84 Å². The number of hydrogen-bond acceptors (Lipinski definition) is 3. The van der Waals surface area contributed by atoms with Crippen molar-refractivity contribution >= 4 is 9.84 Å². The molecule has 0 radical (unpaired) electrons. The van der Waals surface area contributed by atoms with Gasteiger partial charge in [0.1, 0.15) is 0 Å². The van der Waals surface area contributed by atoms with Gasteiger partial charge >= 0.3 is 0 Å². The lowest BCUT2D eigenvalue weighted by Crippen LogP contribution is -2.41. The second kappa shape index (κ2) is 5.89. The van der Waals surface area contributed by atoms with Crippen LogP contribution in [0.5, 0.6) is 0 Å². The highest BCUT2D eigenvalue weighted by Crippen LogP contribution is 2.13. The lowest BCUT2D eigenvalue weighted by Gasteiger charge is -2.22. The van der Waals surface area contributed by atoms with Crippen LogP contribution in [0.1, 0.15) is 32.8 Å². The van der Waals surface area contributed by atoms with E-state index in [1.165, 1.54) is 11.8 Å². The number of sulfone groups is 1. The second-order valence-corrected chi connectivity index (χ2v) is 8.04. The van der Waals surface area contributed by atoms with Crippen LogP contribution in [0.3, 0.4) is 0 Å². The fourth-order valence-electron chi connectivity index (χ4n) is 1.63. The molecule has 1 aromatic heterocycles. The fraction of sp³-hybridized carbons (Fsp3) is 0.692. The Hall–Kier alpha value is -0.810. The van der Waals surface area contributed by atoms with Gasteiger partial charge in [0.25, 0.3) is 0 Å². The predicted molar refractivity (Wildman–Crippen MR) is 75.4 cm³/mol. The monoisotopic (exact) mass is 272 g/mol. The van der Waals surface area contributed by atoms with E-state index in [4.69, 9.17) is 0 Å². The third-order valence-electron chi connectivity index (χ3n) is 3.18. The summed E-state index contributed by atoms with van der Waals surface area (Å²) in [6, 6.07) is 2.07. The van der Waals surface area contributed by atoms with E-state index in [2.05, 4.69) is 35.3 Å². The molecule has 0 saturated heterocycles. The van der Waals surface area contributed by atoms with E-state index in [0.717, 1.165) is 13.0 Å². The fourth-order valence-corrected chi connectivity index (χ4v) is 2.00. The zero-order valence-corrected chi connectivity index (χ0v) is 12.5. The van der Waals surface area contributed by atoms with Gasteiger partial charge in [-0.15, -0.1) is 0 Å². The molecular weight excluding hydrogens is 248 g/mol. The number of nitrogens with zero attached hydrogens (tertiary/aromatic N) is 1. The highest BCUT2D eigenvalue weighted by atomic mass is 32.2. The van der Waals surface area contributed by atoms with Crippen molar-refractivity contribution in [1.82, 2.24) is 9.88 Å². The van der Waals surface area contributed by atoms with Gasteiger partial charge in [0.05, 0.1) is 4.75 Å². The van der Waals surface area contributed by atoms with Crippen molar-refractivity contribution < 1.29 is 8.42 Å². The van der Waals surface area contributed by atoms with Crippen molar-refractivity contribution in [3.8, 4) is 0 Å². The summed E-state index contributed by atoms with van der Waals surface area (Å²) in [5.41, 5.74) is 1.19. The molecule has 0 saturated carbocycles. The number of hydrogen-bond donors (Lipinski definition) is 1. The van der Waals surface area contributed by atoms with Crippen LogP contribution in [0.25, 0.3) is 0 Å². The predicted octanol–water partition coefficient (Wildman–Crippen LogP) is 1.81. The second-order valence-electron chi connectivity index (χ2n) is 5.39. The van der Waals surface area contributed by atoms with Crippen LogP contribution in [0, 0.1) is 0 Å². The summed E-state index contributed by atoms with van der Waals surface area (Å²) in [6.45, 7) is 7.83. The molecule has 0 atom stereocenters. The van der Waals surface area contributed by atoms with Gasteiger partial charge in [0.2, 0.25) is 0 Å². The summed E-state index contributed by atoms with van der Waals surface area (Å²) in [7, 11) is -3.03. The lowest BCUT2D eigenvalue weighted by atomic mass is 10.2. The molecule has 4 nitrogen and oxygen atoms in total. The Balaban J connectivity index is 2.46. The highest BCUT2D eigenvalue weighted by Gasteiger charge is 2.29. The molecule has 104 valence electrons. The molecule has 0 spiro atoms. The van der Waals surface area contributed by atoms with Gasteiger partial charge in [-0.25, -0.2) is 8.42 Å². The van der Waals surface area contributed by atoms with Crippen LogP contribution in [0.15, 0.2) is 18.5 Å². The number of rotatable bonds is 7. The first-order chi connectivity index (χ1) is 8.26. The van der Waals surface area contributed by atoms with Gasteiger partial charge in [-0.3, -0.25) is 0 Å². The standard InChI is InChI=1S/C13H24N2O2S/c1-5-7-15-8-6-12(10-15)9-14-11-13(2,3)18(4,16)17/h6,8,10,14H,5,7,9,11H2,1-4H3. The Morgan fingerprint density at radius 1 is 1.39 bits per heavy atom. The molecule has 5 heteroatoms. The van der Waals surface area contributed by atoms with Crippen molar-refractivity contribution in [1.29, 1.82) is 0 Å². The molecule has 0 fully saturated rings. The molecule has 0 amide bonds. The van der Waals surface area contributed by atoms with Crippen molar-refractivity contribution in [2.75, 3.05) is 12.8 Å². The van der Waals surface area contributed by atoms with Gasteiger partial charge in [-0.2, -0.15) is 0 Å². The van der Waals surface area contributed by atoms with Gasteiger partial charge < -0.3 is 9.88 Å². The van der Waals surface area contributed by atoms with Crippen LogP contribution in [-0.2, 0) is 22.9 Å². The zero-order chi connectivity index (χ0) is 13.8. The van der Waals surface area contributed by atoms with E-state index in [1.807, 2.05) is 0 Å².